The van der Waals surface area contributed by atoms with E-state index in [0.717, 1.165) is 16.6 Å². The van der Waals surface area contributed by atoms with Gasteiger partial charge in [0.1, 0.15) is 17.7 Å². The molecule has 8 heteroatoms. The SMILES string of the molecule is O=[SH](=O)c1cccc(C2=N[N]C=C2c2ncnc3[nH]ccc23)c1. The number of benzene rings is 1. The Labute approximate surface area is 132 Å². The molecule has 1 radical (unpaired) electrons. The first-order valence-corrected chi connectivity index (χ1v) is 7.93. The van der Waals surface area contributed by atoms with Gasteiger partial charge < -0.3 is 4.98 Å². The van der Waals surface area contributed by atoms with Gasteiger partial charge in [0, 0.05) is 22.7 Å². The quantitative estimate of drug-likeness (QED) is 0.709. The van der Waals surface area contributed by atoms with Crippen molar-refractivity contribution in [2.75, 3.05) is 0 Å². The number of hydrogen-bond acceptors (Lipinski definition) is 5. The average Bonchev–Trinajstić information content (AvgIpc) is 3.23. The zero-order chi connectivity index (χ0) is 15.8. The summed E-state index contributed by atoms with van der Waals surface area (Å²) in [5, 5.41) is 4.99. The third-order valence-corrected chi connectivity index (χ3v) is 4.24. The van der Waals surface area contributed by atoms with Gasteiger partial charge in [0.2, 0.25) is 0 Å². The van der Waals surface area contributed by atoms with Gasteiger partial charge in [0.25, 0.3) is 0 Å². The Balaban J connectivity index is 1.84. The van der Waals surface area contributed by atoms with Crippen LogP contribution in [0.1, 0.15) is 11.3 Å². The van der Waals surface area contributed by atoms with Crippen molar-refractivity contribution in [1.82, 2.24) is 20.4 Å². The van der Waals surface area contributed by atoms with Crippen molar-refractivity contribution in [2.45, 2.75) is 4.90 Å². The fraction of sp³-hybridized carbons (Fsp3) is 0. The van der Waals surface area contributed by atoms with Crippen LogP contribution in [0.4, 0.5) is 0 Å². The van der Waals surface area contributed by atoms with Crippen LogP contribution in [0.3, 0.4) is 0 Å². The molecule has 1 aliphatic heterocycles. The third-order valence-electron chi connectivity index (χ3n) is 3.54. The molecule has 3 aromatic rings. The van der Waals surface area contributed by atoms with Gasteiger partial charge in [-0.3, -0.25) is 0 Å². The summed E-state index contributed by atoms with van der Waals surface area (Å²) in [6, 6.07) is 8.48. The van der Waals surface area contributed by atoms with Crippen LogP contribution in [0.5, 0.6) is 0 Å². The number of rotatable bonds is 3. The van der Waals surface area contributed by atoms with Crippen molar-refractivity contribution in [1.29, 1.82) is 0 Å². The molecule has 0 unspecified atom stereocenters. The third kappa shape index (κ3) is 2.29. The van der Waals surface area contributed by atoms with Gasteiger partial charge in [-0.25, -0.2) is 18.4 Å². The summed E-state index contributed by atoms with van der Waals surface area (Å²) in [5.74, 6) is 0. The second-order valence-corrected chi connectivity index (χ2v) is 5.91. The topological polar surface area (TPSA) is 102 Å². The highest BCUT2D eigenvalue weighted by atomic mass is 32.2. The number of aromatic nitrogens is 3. The van der Waals surface area contributed by atoms with Crippen molar-refractivity contribution < 1.29 is 8.42 Å². The zero-order valence-corrected chi connectivity index (χ0v) is 12.6. The van der Waals surface area contributed by atoms with E-state index in [1.54, 1.807) is 36.7 Å². The number of hydrogen-bond donors (Lipinski definition) is 2. The molecule has 0 spiro atoms. The molecule has 0 amide bonds. The van der Waals surface area contributed by atoms with E-state index in [0.29, 0.717) is 17.0 Å². The molecule has 7 nitrogen and oxygen atoms in total. The van der Waals surface area contributed by atoms with Crippen LogP contribution in [0, 0.1) is 0 Å². The number of nitrogens with one attached hydrogen (secondary N) is 1. The number of nitrogens with zero attached hydrogens (tertiary/aromatic N) is 4. The van der Waals surface area contributed by atoms with Crippen LogP contribution in [-0.4, -0.2) is 29.1 Å². The normalized spacial score (nSPS) is 14.0. The predicted molar refractivity (Wildman–Crippen MR) is 85.6 cm³/mol. The van der Waals surface area contributed by atoms with Crippen LogP contribution < -0.4 is 5.43 Å². The van der Waals surface area contributed by atoms with E-state index in [-0.39, 0.29) is 4.90 Å². The van der Waals surface area contributed by atoms with Gasteiger partial charge >= 0.3 is 0 Å². The standard InChI is InChI=1S/C15H10N5O2S/c21-23(22)10-3-1-2-9(6-10)13-12(7-19-20-13)14-11-4-5-16-15(11)18-8-17-14/h1-8,23H,(H,16,17,18). The summed E-state index contributed by atoms with van der Waals surface area (Å²) in [5.41, 5.74) is 7.39. The molecule has 1 N–H and O–H groups in total. The van der Waals surface area contributed by atoms with E-state index in [9.17, 15) is 8.42 Å². The van der Waals surface area contributed by atoms with Crippen LogP contribution in [0.15, 0.2) is 59.1 Å². The molecule has 0 bridgehead atoms. The maximum Gasteiger partial charge on any atom is 0.168 e. The molecule has 0 fully saturated rings. The molecule has 1 aliphatic rings. The van der Waals surface area contributed by atoms with Crippen molar-refractivity contribution in [3.05, 3.63) is 60.3 Å². The smallest absolute Gasteiger partial charge is 0.168 e. The Morgan fingerprint density at radius 3 is 2.87 bits per heavy atom. The second-order valence-electron chi connectivity index (χ2n) is 4.88. The molecular formula is C15H10N5O2S. The summed E-state index contributed by atoms with van der Waals surface area (Å²) in [6.07, 6.45) is 4.87. The van der Waals surface area contributed by atoms with Gasteiger partial charge in [-0.1, -0.05) is 12.1 Å². The Morgan fingerprint density at radius 2 is 2.00 bits per heavy atom. The highest BCUT2D eigenvalue weighted by molar-refractivity contribution is 7.72. The second kappa shape index (κ2) is 5.33. The molecule has 1 aromatic carbocycles. The average molecular weight is 324 g/mol. The molecule has 23 heavy (non-hydrogen) atoms. The van der Waals surface area contributed by atoms with Crippen LogP contribution in [0.25, 0.3) is 16.6 Å². The largest absolute Gasteiger partial charge is 0.346 e. The Bertz CT molecular complexity index is 1040. The summed E-state index contributed by atoms with van der Waals surface area (Å²) >= 11 is 0. The van der Waals surface area contributed by atoms with Gasteiger partial charge in [-0.05, 0) is 18.2 Å². The van der Waals surface area contributed by atoms with Crippen molar-refractivity contribution in [3.63, 3.8) is 0 Å². The van der Waals surface area contributed by atoms with E-state index in [2.05, 4.69) is 25.5 Å². The predicted octanol–water partition coefficient (Wildman–Crippen LogP) is 1.29. The molecule has 0 saturated carbocycles. The van der Waals surface area contributed by atoms with Crippen molar-refractivity contribution >= 4 is 33.0 Å². The minimum Gasteiger partial charge on any atom is -0.346 e. The zero-order valence-electron chi connectivity index (χ0n) is 11.7. The van der Waals surface area contributed by atoms with Crippen LogP contribution in [0.2, 0.25) is 0 Å². The van der Waals surface area contributed by atoms with E-state index in [1.165, 1.54) is 6.33 Å². The summed E-state index contributed by atoms with van der Waals surface area (Å²) < 4.78 is 22.4. The maximum atomic E-state index is 11.2. The fourth-order valence-corrected chi connectivity index (χ4v) is 2.95. The van der Waals surface area contributed by atoms with Crippen molar-refractivity contribution in [3.8, 4) is 0 Å². The number of fused-ring (bicyclic) bond motifs is 1. The molecule has 113 valence electrons. The van der Waals surface area contributed by atoms with Gasteiger partial charge in [0.05, 0.1) is 16.8 Å². The van der Waals surface area contributed by atoms with Crippen molar-refractivity contribution in [2.24, 2.45) is 5.10 Å². The summed E-state index contributed by atoms with van der Waals surface area (Å²) in [4.78, 5) is 11.8. The summed E-state index contributed by atoms with van der Waals surface area (Å²) in [7, 11) is -2.65. The highest BCUT2D eigenvalue weighted by Gasteiger charge is 2.21. The Morgan fingerprint density at radius 1 is 1.09 bits per heavy atom. The van der Waals surface area contributed by atoms with Gasteiger partial charge in [-0.2, -0.15) is 5.43 Å². The summed E-state index contributed by atoms with van der Waals surface area (Å²) in [6.45, 7) is 0. The lowest BCUT2D eigenvalue weighted by atomic mass is 9.99. The lowest BCUT2D eigenvalue weighted by molar-refractivity contribution is 0.614. The highest BCUT2D eigenvalue weighted by Crippen LogP contribution is 2.27. The minimum atomic E-state index is -2.65. The van der Waals surface area contributed by atoms with Crippen LogP contribution in [-0.2, 0) is 10.7 Å². The minimum absolute atomic E-state index is 0.237. The van der Waals surface area contributed by atoms with Gasteiger partial charge in [0.15, 0.2) is 10.7 Å². The molecule has 0 saturated heterocycles. The van der Waals surface area contributed by atoms with E-state index >= 15 is 0 Å². The first kappa shape index (κ1) is 13.6. The lowest BCUT2D eigenvalue weighted by Crippen LogP contribution is -2.04. The number of thiol groups is 1. The lowest BCUT2D eigenvalue weighted by Gasteiger charge is -2.07. The monoisotopic (exact) mass is 324 g/mol. The fourth-order valence-electron chi connectivity index (χ4n) is 2.50. The Kier molecular flexibility index (Phi) is 3.16. The molecule has 3 heterocycles. The number of allylic oxidation sites excluding steroid dienone is 1. The first-order valence-electron chi connectivity index (χ1n) is 6.75. The van der Waals surface area contributed by atoms with E-state index in [1.807, 2.05) is 6.07 Å². The molecular weight excluding hydrogens is 314 g/mol. The molecule has 2 aromatic heterocycles. The Hall–Kier alpha value is -3.00. The molecule has 0 atom stereocenters. The maximum absolute atomic E-state index is 11.2. The molecule has 0 aliphatic carbocycles. The number of H-pyrrole nitrogens is 1. The molecule has 4 rings (SSSR count). The van der Waals surface area contributed by atoms with E-state index < -0.39 is 10.7 Å². The van der Waals surface area contributed by atoms with Gasteiger partial charge in [-0.15, -0.1) is 5.10 Å². The van der Waals surface area contributed by atoms with E-state index in [4.69, 9.17) is 0 Å². The number of aromatic amines is 1. The first-order chi connectivity index (χ1) is 11.2. The van der Waals surface area contributed by atoms with Crippen LogP contribution >= 0.6 is 0 Å².